The van der Waals surface area contributed by atoms with Gasteiger partial charge in [0.25, 0.3) is 0 Å². The van der Waals surface area contributed by atoms with Crippen molar-refractivity contribution in [3.8, 4) is 22.3 Å². The second-order valence-electron chi connectivity index (χ2n) is 17.0. The first-order chi connectivity index (χ1) is 25.7. The maximum absolute atomic E-state index is 14.6. The van der Waals surface area contributed by atoms with E-state index in [0.717, 1.165) is 45.6 Å². The molecule has 5 aliphatic carbocycles. The highest BCUT2D eigenvalue weighted by Gasteiger charge is 2.62. The Morgan fingerprint density at radius 3 is 1.81 bits per heavy atom. The van der Waals surface area contributed by atoms with Gasteiger partial charge >= 0.3 is 0 Å². The smallest absolute Gasteiger partial charge is 0.207 e. The molecule has 0 saturated heterocycles. The molecule has 3 nitrogen and oxygen atoms in total. The van der Waals surface area contributed by atoms with E-state index in [0.29, 0.717) is 21.6 Å². The average Bonchev–Trinajstić information content (AvgIpc) is 3.40. The van der Waals surface area contributed by atoms with Crippen molar-refractivity contribution in [2.45, 2.75) is 66.6 Å². The van der Waals surface area contributed by atoms with Crippen LogP contribution in [0, 0.1) is 23.7 Å². The number of sulfone groups is 1. The van der Waals surface area contributed by atoms with Gasteiger partial charge in [-0.1, -0.05) is 105 Å². The Morgan fingerprint density at radius 2 is 1.06 bits per heavy atom. The van der Waals surface area contributed by atoms with Gasteiger partial charge in [0.1, 0.15) is 0 Å². The summed E-state index contributed by atoms with van der Waals surface area (Å²) in [5.74, 6) is 2.41. The third kappa shape index (κ3) is 4.30. The zero-order chi connectivity index (χ0) is 35.7. The molecule has 4 heteroatoms. The van der Waals surface area contributed by atoms with E-state index in [9.17, 15) is 8.42 Å². The third-order valence-electron chi connectivity index (χ3n) is 14.0. The van der Waals surface area contributed by atoms with Gasteiger partial charge in [0.05, 0.1) is 9.79 Å². The monoisotopic (exact) mass is 709 g/mol. The Kier molecular flexibility index (Phi) is 6.59. The van der Waals surface area contributed by atoms with Crippen LogP contribution in [0.2, 0.25) is 0 Å². The minimum Gasteiger partial charge on any atom is -0.310 e. The summed E-state index contributed by atoms with van der Waals surface area (Å²) in [4.78, 5) is 3.42. The topological polar surface area (TPSA) is 37.4 Å². The largest absolute Gasteiger partial charge is 0.310 e. The molecule has 0 radical (unpaired) electrons. The van der Waals surface area contributed by atoms with Gasteiger partial charge in [-0.05, 0) is 149 Å². The summed E-state index contributed by atoms with van der Waals surface area (Å²) in [6.07, 6.45) is 6.10. The zero-order valence-corrected chi connectivity index (χ0v) is 31.1. The van der Waals surface area contributed by atoms with Crippen molar-refractivity contribution in [3.63, 3.8) is 0 Å². The highest BCUT2D eigenvalue weighted by Crippen LogP contribution is 2.68. The molecule has 53 heavy (non-hydrogen) atoms. The van der Waals surface area contributed by atoms with Crippen LogP contribution in [0.3, 0.4) is 0 Å². The summed E-state index contributed by atoms with van der Waals surface area (Å²) < 4.78 is 29.3. The molecule has 12 rings (SSSR count). The first-order valence-corrected chi connectivity index (χ1v) is 20.9. The van der Waals surface area contributed by atoms with Crippen molar-refractivity contribution in [2.75, 3.05) is 4.90 Å². The second-order valence-corrected chi connectivity index (χ2v) is 18.9. The van der Waals surface area contributed by atoms with Crippen LogP contribution in [-0.4, -0.2) is 8.42 Å². The van der Waals surface area contributed by atoms with E-state index in [1.807, 2.05) is 18.2 Å². The molecule has 262 valence electrons. The molecule has 0 aromatic heterocycles. The molecule has 6 aromatic carbocycles. The maximum atomic E-state index is 14.6. The molecule has 1 aliphatic heterocycles. The standard InChI is InChI=1S/C49H43NO2S/c1-48(2)42-16-7-6-15-40(42)41-21-19-38(29-44(41)48)50(37-14-10-13-34(28-37)33-11-4-3-5-12-33)39-20-22-47-45(30-39)49(43-17-8-9-18-46(43)53(47,51)52)35-24-31-23-32(26-35)27-36(49)25-31/h3-22,28-32,35-36H,23-27H2,1-2H3. The van der Waals surface area contributed by atoms with E-state index in [4.69, 9.17) is 0 Å². The lowest BCUT2D eigenvalue weighted by Crippen LogP contribution is -2.57. The summed E-state index contributed by atoms with van der Waals surface area (Å²) in [6, 6.07) is 49.4. The van der Waals surface area contributed by atoms with Crippen LogP contribution in [0.5, 0.6) is 0 Å². The Labute approximate surface area is 313 Å². The van der Waals surface area contributed by atoms with Crippen molar-refractivity contribution in [2.24, 2.45) is 23.7 Å². The van der Waals surface area contributed by atoms with E-state index in [1.165, 1.54) is 59.9 Å². The van der Waals surface area contributed by atoms with Crippen LogP contribution in [0.15, 0.2) is 149 Å². The molecule has 4 bridgehead atoms. The molecular formula is C49H43NO2S. The van der Waals surface area contributed by atoms with Crippen molar-refractivity contribution in [1.29, 1.82) is 0 Å². The summed E-state index contributed by atoms with van der Waals surface area (Å²) >= 11 is 0. The molecule has 0 unspecified atom stereocenters. The summed E-state index contributed by atoms with van der Waals surface area (Å²) in [7, 11) is -3.70. The fourth-order valence-electron chi connectivity index (χ4n) is 12.1. The molecule has 1 spiro atoms. The van der Waals surface area contributed by atoms with Crippen LogP contribution in [-0.2, 0) is 20.7 Å². The van der Waals surface area contributed by atoms with E-state index in [-0.39, 0.29) is 10.8 Å². The Hall–Kier alpha value is -4.93. The van der Waals surface area contributed by atoms with Crippen LogP contribution in [0.1, 0.15) is 68.2 Å². The number of nitrogens with zero attached hydrogens (tertiary/aromatic N) is 1. The first-order valence-electron chi connectivity index (χ1n) is 19.4. The Morgan fingerprint density at radius 1 is 0.491 bits per heavy atom. The zero-order valence-electron chi connectivity index (χ0n) is 30.3. The van der Waals surface area contributed by atoms with Gasteiger partial charge in [0, 0.05) is 27.9 Å². The number of hydrogen-bond donors (Lipinski definition) is 0. The normalized spacial score (nSPS) is 26.1. The van der Waals surface area contributed by atoms with Crippen molar-refractivity contribution < 1.29 is 8.42 Å². The third-order valence-corrected chi connectivity index (χ3v) is 15.9. The minimum atomic E-state index is -3.70. The Balaban J connectivity index is 1.15. The molecule has 0 atom stereocenters. The van der Waals surface area contributed by atoms with E-state index < -0.39 is 9.84 Å². The molecule has 6 aliphatic rings. The molecule has 0 amide bonds. The minimum absolute atomic E-state index is 0.155. The predicted molar refractivity (Wildman–Crippen MR) is 214 cm³/mol. The van der Waals surface area contributed by atoms with Gasteiger partial charge in [0.15, 0.2) is 0 Å². The average molecular weight is 710 g/mol. The summed E-state index contributed by atoms with van der Waals surface area (Å²) in [6.45, 7) is 4.67. The van der Waals surface area contributed by atoms with Crippen LogP contribution in [0.25, 0.3) is 22.3 Å². The first kappa shape index (κ1) is 31.6. The fourth-order valence-corrected chi connectivity index (χ4v) is 13.8. The van der Waals surface area contributed by atoms with Gasteiger partial charge in [0.2, 0.25) is 9.84 Å². The molecule has 6 aromatic rings. The van der Waals surface area contributed by atoms with E-state index in [1.54, 1.807) is 0 Å². The second kappa shape index (κ2) is 11.1. The molecule has 4 saturated carbocycles. The fraction of sp³-hybridized carbons (Fsp3) is 0.265. The molecule has 4 fully saturated rings. The van der Waals surface area contributed by atoms with Gasteiger partial charge < -0.3 is 4.90 Å². The van der Waals surface area contributed by atoms with Crippen molar-refractivity contribution in [1.82, 2.24) is 0 Å². The van der Waals surface area contributed by atoms with Crippen LogP contribution >= 0.6 is 0 Å². The maximum Gasteiger partial charge on any atom is 0.207 e. The van der Waals surface area contributed by atoms with Crippen molar-refractivity contribution >= 4 is 26.9 Å². The van der Waals surface area contributed by atoms with E-state index in [2.05, 4.69) is 140 Å². The predicted octanol–water partition coefficient (Wildman–Crippen LogP) is 12.0. The van der Waals surface area contributed by atoms with Crippen LogP contribution < -0.4 is 4.90 Å². The molecule has 1 heterocycles. The summed E-state index contributed by atoms with van der Waals surface area (Å²) in [5, 5.41) is 0. The number of rotatable bonds is 4. The number of anilines is 3. The SMILES string of the molecule is CC1(C)c2ccccc2-c2ccc(N(c3cccc(-c4ccccc4)c3)c3ccc4c(c3)C3(c5ccccc5S4(=O)=O)C4CC5CC(C4)CC3C5)cc21. The van der Waals surface area contributed by atoms with Gasteiger partial charge in [-0.15, -0.1) is 0 Å². The number of fused-ring (bicyclic) bond motifs is 5. The van der Waals surface area contributed by atoms with Crippen molar-refractivity contribution in [3.05, 3.63) is 162 Å². The number of hydrogen-bond acceptors (Lipinski definition) is 3. The van der Waals surface area contributed by atoms with E-state index >= 15 is 0 Å². The van der Waals surface area contributed by atoms with Crippen LogP contribution in [0.4, 0.5) is 17.1 Å². The highest BCUT2D eigenvalue weighted by molar-refractivity contribution is 7.91. The number of benzene rings is 6. The molecule has 0 N–H and O–H groups in total. The highest BCUT2D eigenvalue weighted by atomic mass is 32.2. The lowest BCUT2D eigenvalue weighted by molar-refractivity contribution is -0.0446. The molecular weight excluding hydrogens is 667 g/mol. The quantitative estimate of drug-likeness (QED) is 0.183. The lowest BCUT2D eigenvalue weighted by atomic mass is 9.42. The van der Waals surface area contributed by atoms with Gasteiger partial charge in [-0.3, -0.25) is 0 Å². The van der Waals surface area contributed by atoms with Gasteiger partial charge in [-0.25, -0.2) is 8.42 Å². The van der Waals surface area contributed by atoms with Gasteiger partial charge in [-0.2, -0.15) is 0 Å². The Bertz CT molecular complexity index is 2560. The summed E-state index contributed by atoms with van der Waals surface area (Å²) in [5.41, 5.74) is 12.3. The lowest BCUT2D eigenvalue weighted by Gasteiger charge is -2.63.